The number of carbonyl (C=O) groups excluding carboxylic acids is 1. The third-order valence-electron chi connectivity index (χ3n) is 5.58. The Balaban J connectivity index is 1.39. The zero-order valence-electron chi connectivity index (χ0n) is 19.4. The van der Waals surface area contributed by atoms with Crippen LogP contribution in [-0.2, 0) is 27.1 Å². The van der Waals surface area contributed by atoms with Crippen LogP contribution in [0.5, 0.6) is 0 Å². The average molecular weight is 485 g/mol. The van der Waals surface area contributed by atoms with Crippen LogP contribution < -0.4 is 5.32 Å². The first-order valence-corrected chi connectivity index (χ1v) is 13.1. The number of nitrogens with one attached hydrogen (secondary N) is 1. The fourth-order valence-corrected chi connectivity index (χ4v) is 6.58. The first kappa shape index (κ1) is 24.2. The van der Waals surface area contributed by atoms with Crippen LogP contribution in [-0.4, -0.2) is 32.8 Å². The molecule has 2 aromatic carbocycles. The summed E-state index contributed by atoms with van der Waals surface area (Å²) in [5.41, 5.74) is 3.84. The van der Waals surface area contributed by atoms with Gasteiger partial charge in [-0.2, -0.15) is 0 Å². The summed E-state index contributed by atoms with van der Waals surface area (Å²) in [6.07, 6.45) is 5.78. The molecule has 1 aliphatic heterocycles. The monoisotopic (exact) mass is 485 g/mol. The van der Waals surface area contributed by atoms with Crippen molar-refractivity contribution in [3.63, 3.8) is 0 Å². The number of anilines is 1. The van der Waals surface area contributed by atoms with Gasteiger partial charge in [0.25, 0.3) is 0 Å². The van der Waals surface area contributed by atoms with E-state index in [1.807, 2.05) is 26.0 Å². The molecule has 1 aromatic heterocycles. The topological polar surface area (TPSA) is 85.6 Å². The molecule has 2 atom stereocenters. The Morgan fingerprint density at radius 2 is 1.82 bits per heavy atom. The van der Waals surface area contributed by atoms with E-state index in [2.05, 4.69) is 10.4 Å². The number of hydrogen-bond donors (Lipinski definition) is 2. The van der Waals surface area contributed by atoms with Crippen molar-refractivity contribution in [2.45, 2.75) is 38.6 Å². The van der Waals surface area contributed by atoms with E-state index in [-0.39, 0.29) is 23.9 Å². The summed E-state index contributed by atoms with van der Waals surface area (Å²) < 4.78 is 26.4. The van der Waals surface area contributed by atoms with Crippen molar-refractivity contribution in [3.05, 3.63) is 77.7 Å². The molecule has 2 heterocycles. The summed E-state index contributed by atoms with van der Waals surface area (Å²) in [5, 5.41) is 7.08. The molecule has 3 aromatic rings. The molecule has 9 heteroatoms. The van der Waals surface area contributed by atoms with Gasteiger partial charge in [-0.25, -0.2) is 4.39 Å². The van der Waals surface area contributed by atoms with Crippen LogP contribution in [0.25, 0.3) is 17.3 Å². The molecule has 7 nitrogen and oxygen atoms in total. The van der Waals surface area contributed by atoms with Crippen molar-refractivity contribution in [2.75, 3.05) is 5.32 Å². The molecular formula is C25H29FN3O4P. The molecule has 0 bridgehead atoms. The average Bonchev–Trinajstić information content (AvgIpc) is 3.13. The SMILES string of the molecule is CC1CC(C)O[PH](O)(Cc2ccc(NC(=O)/C=C/c3cnn(C)c3-c3ccc(F)cc3)cc2)O1. The van der Waals surface area contributed by atoms with Crippen molar-refractivity contribution in [2.24, 2.45) is 7.05 Å². The zero-order valence-corrected chi connectivity index (χ0v) is 20.4. The second kappa shape index (κ2) is 10.2. The Kier molecular flexibility index (Phi) is 7.24. The van der Waals surface area contributed by atoms with Crippen LogP contribution in [0.3, 0.4) is 0 Å². The van der Waals surface area contributed by atoms with Gasteiger partial charge in [-0.05, 0) is 24.3 Å². The molecule has 180 valence electrons. The Morgan fingerprint density at radius 3 is 2.47 bits per heavy atom. The number of rotatable bonds is 6. The summed E-state index contributed by atoms with van der Waals surface area (Å²) >= 11 is 0. The predicted octanol–water partition coefficient (Wildman–Crippen LogP) is 5.08. The number of amides is 1. The van der Waals surface area contributed by atoms with E-state index in [4.69, 9.17) is 9.05 Å². The number of benzene rings is 2. The van der Waals surface area contributed by atoms with Gasteiger partial charge in [-0.3, -0.25) is 0 Å². The number of halogens is 1. The molecule has 1 fully saturated rings. The fourth-order valence-electron chi connectivity index (χ4n) is 4.15. The van der Waals surface area contributed by atoms with E-state index in [0.29, 0.717) is 11.8 Å². The summed E-state index contributed by atoms with van der Waals surface area (Å²) in [7, 11) is -1.47. The van der Waals surface area contributed by atoms with Crippen LogP contribution in [0.15, 0.2) is 60.8 Å². The second-order valence-electron chi connectivity index (χ2n) is 8.58. The van der Waals surface area contributed by atoms with Gasteiger partial charge in [0.1, 0.15) is 5.82 Å². The minimum atomic E-state index is -3.26. The van der Waals surface area contributed by atoms with Gasteiger partial charge in [0.15, 0.2) is 0 Å². The maximum absolute atomic E-state index is 13.3. The van der Waals surface area contributed by atoms with Gasteiger partial charge in [-0.1, -0.05) is 0 Å². The third kappa shape index (κ3) is 5.96. The number of nitrogens with zero attached hydrogens (tertiary/aromatic N) is 2. The van der Waals surface area contributed by atoms with Crippen molar-refractivity contribution in [3.8, 4) is 11.3 Å². The zero-order chi connectivity index (χ0) is 24.3. The van der Waals surface area contributed by atoms with Gasteiger partial charge >= 0.3 is 157 Å². The van der Waals surface area contributed by atoms with E-state index in [9.17, 15) is 14.1 Å². The number of hydrogen-bond acceptors (Lipinski definition) is 5. The quantitative estimate of drug-likeness (QED) is 0.376. The first-order chi connectivity index (χ1) is 16.2. The minimum absolute atomic E-state index is 0.0332. The van der Waals surface area contributed by atoms with E-state index >= 15 is 0 Å². The molecule has 1 aliphatic rings. The van der Waals surface area contributed by atoms with Gasteiger partial charge in [0.05, 0.1) is 0 Å². The molecular weight excluding hydrogens is 456 g/mol. The molecule has 34 heavy (non-hydrogen) atoms. The second-order valence-corrected chi connectivity index (χ2v) is 10.8. The standard InChI is InChI=1S/C25H29FN3O4P/c1-17-14-18(2)33-34(31,32-17)16-19-4-11-23(12-5-19)28-24(30)13-8-21-15-27-29(3)25(21)20-6-9-22(26)10-7-20/h4-13,15,17-18,31,34H,14,16H2,1-3H3,(H,28,30)/b13-8+. The van der Waals surface area contributed by atoms with Gasteiger partial charge in [0, 0.05) is 7.05 Å². The van der Waals surface area contributed by atoms with Gasteiger partial charge < -0.3 is 0 Å². The van der Waals surface area contributed by atoms with Gasteiger partial charge in [-0.15, -0.1) is 0 Å². The molecule has 0 radical (unpaired) electrons. The number of aryl methyl sites for hydroxylation is 1. The molecule has 2 N–H and O–H groups in total. The van der Waals surface area contributed by atoms with Crippen molar-refractivity contribution >= 4 is 25.6 Å². The number of carbonyl (C=O) groups is 1. The molecule has 1 saturated heterocycles. The van der Waals surface area contributed by atoms with Crippen molar-refractivity contribution in [1.29, 1.82) is 0 Å². The maximum atomic E-state index is 13.3. The summed E-state index contributed by atoms with van der Waals surface area (Å²) in [6.45, 7) is 3.88. The molecule has 0 aliphatic carbocycles. The van der Waals surface area contributed by atoms with E-state index < -0.39 is 7.94 Å². The van der Waals surface area contributed by atoms with Crippen LogP contribution in [0.2, 0.25) is 0 Å². The Bertz CT molecular complexity index is 1170. The molecule has 4 rings (SSSR count). The normalized spacial score (nSPS) is 20.9. The van der Waals surface area contributed by atoms with Crippen molar-refractivity contribution < 1.29 is 23.1 Å². The van der Waals surface area contributed by atoms with Crippen LogP contribution >= 0.6 is 7.94 Å². The molecule has 2 unspecified atom stereocenters. The summed E-state index contributed by atoms with van der Waals surface area (Å²) in [6, 6.07) is 13.4. The molecule has 0 saturated carbocycles. The van der Waals surface area contributed by atoms with E-state index in [1.165, 1.54) is 18.2 Å². The summed E-state index contributed by atoms with van der Waals surface area (Å²) in [4.78, 5) is 23.2. The Morgan fingerprint density at radius 1 is 1.18 bits per heavy atom. The van der Waals surface area contributed by atoms with Crippen LogP contribution in [0.4, 0.5) is 10.1 Å². The first-order valence-electron chi connectivity index (χ1n) is 11.1. The van der Waals surface area contributed by atoms with Crippen LogP contribution in [0.1, 0.15) is 31.4 Å². The predicted molar refractivity (Wildman–Crippen MR) is 133 cm³/mol. The fraction of sp³-hybridized carbons (Fsp3) is 0.280. The third-order valence-corrected chi connectivity index (χ3v) is 7.98. The van der Waals surface area contributed by atoms with Crippen molar-refractivity contribution in [1.82, 2.24) is 9.78 Å². The molecule has 0 spiro atoms. The van der Waals surface area contributed by atoms with Crippen LogP contribution in [0, 0.1) is 5.82 Å². The Hall–Kier alpha value is -2.90. The summed E-state index contributed by atoms with van der Waals surface area (Å²) in [5.74, 6) is -0.607. The van der Waals surface area contributed by atoms with Gasteiger partial charge in [0.2, 0.25) is 0 Å². The van der Waals surface area contributed by atoms with E-state index in [1.54, 1.807) is 48.3 Å². The van der Waals surface area contributed by atoms with E-state index in [0.717, 1.165) is 28.8 Å². The Labute approximate surface area is 198 Å². The number of aromatic nitrogens is 2. The molecule has 1 amide bonds.